The molecule has 1 unspecified atom stereocenters. The number of nitrogens with zero attached hydrogens (tertiary/aromatic N) is 5. The molecule has 7 aromatic carbocycles. The Morgan fingerprint density at radius 3 is 1.03 bits per heavy atom. The molecule has 11 rings (SSSR count). The first-order chi connectivity index (χ1) is 48.2. The van der Waals surface area contributed by atoms with Gasteiger partial charge in [-0.2, -0.15) is 0 Å². The lowest BCUT2D eigenvalue weighted by Crippen LogP contribution is -2.10. The zero-order valence-electron chi connectivity index (χ0n) is 67.0. The lowest BCUT2D eigenvalue weighted by atomic mass is 9.87. The maximum atomic E-state index is 3.98. The number of pyridine rings is 3. The zero-order valence-corrected chi connectivity index (χ0v) is 67.0. The zero-order chi connectivity index (χ0) is 75.2. The van der Waals surface area contributed by atoms with E-state index in [-0.39, 0.29) is 5.41 Å². The Labute approximate surface area is 617 Å². The molecule has 101 heavy (non-hydrogen) atoms. The molecule has 0 aliphatic carbocycles. The lowest BCUT2D eigenvalue weighted by molar-refractivity contribution is 0.590. The monoisotopic (exact) mass is 1350 g/mol. The van der Waals surface area contributed by atoms with Crippen molar-refractivity contribution in [2.75, 3.05) is 0 Å². The van der Waals surface area contributed by atoms with Crippen LogP contribution in [0.2, 0.25) is 0 Å². The van der Waals surface area contributed by atoms with E-state index in [2.05, 4.69) is 326 Å². The first-order valence-electron chi connectivity index (χ1n) is 36.9. The summed E-state index contributed by atoms with van der Waals surface area (Å²) in [5.74, 6) is 2.94. The van der Waals surface area contributed by atoms with Gasteiger partial charge in [0, 0.05) is 49.1 Å². The number of aromatic nitrogens is 5. The minimum absolute atomic E-state index is 0.285. The summed E-state index contributed by atoms with van der Waals surface area (Å²) >= 11 is 0. The van der Waals surface area contributed by atoms with Crippen LogP contribution in [0.1, 0.15) is 221 Å². The van der Waals surface area contributed by atoms with E-state index in [9.17, 15) is 0 Å². The van der Waals surface area contributed by atoms with Gasteiger partial charge in [0.2, 0.25) is 0 Å². The van der Waals surface area contributed by atoms with E-state index in [1.807, 2.05) is 76.4 Å². The summed E-state index contributed by atoms with van der Waals surface area (Å²) < 4.78 is 0. The van der Waals surface area contributed by atoms with Gasteiger partial charge in [-0.25, -0.2) is 9.97 Å². The molecule has 0 saturated heterocycles. The van der Waals surface area contributed by atoms with Crippen LogP contribution in [-0.4, -0.2) is 24.9 Å². The largest absolute Gasteiger partial charge is 0.265 e. The van der Waals surface area contributed by atoms with Gasteiger partial charge in [0.05, 0.1) is 0 Å². The molecule has 4 aromatic heterocycles. The van der Waals surface area contributed by atoms with E-state index in [0.717, 1.165) is 23.9 Å². The fourth-order valence-corrected chi connectivity index (χ4v) is 9.03. The normalized spacial score (nSPS) is 10.2. The van der Waals surface area contributed by atoms with Crippen molar-refractivity contribution in [2.45, 2.75) is 228 Å². The molecule has 0 spiro atoms. The Balaban J connectivity index is 0.000000558. The molecule has 0 N–H and O–H groups in total. The van der Waals surface area contributed by atoms with Gasteiger partial charge in [0.1, 0.15) is 5.82 Å². The van der Waals surface area contributed by atoms with Crippen LogP contribution < -0.4 is 0 Å². The van der Waals surface area contributed by atoms with Crippen LogP contribution >= 0.6 is 0 Å². The number of hydrogen-bond donors (Lipinski definition) is 0. The Morgan fingerprint density at radius 2 is 0.733 bits per heavy atom. The standard InChI is InChI=1S/4C11H16.2C10H14.C9H12.3C6H7N.C5H6N2/c1-9-5-7-10(8-6-9)11(2,3)4;1-9(2)8-11-6-4-10(3)5-7-11;1-4-10(3)11-7-5-9(2)6-8-11;1-3-4-5-11-8-6-10(2)7-9-11;1-8(2)10-6-4-9(3)5-7-10;1-3-4-10-7-5-9(2)6-8-10;1-3-9-6-4-8(2)5-7-9;1-6-2-4-7-5-3-6;1-6-3-2-4-7-5-6;1-6-4-2-3-5-7-6;1-5-6-3-2-4-7-5/h5-8H,1-4H3;4-7,9H,8H2,1-3H3;5-8,10H,4H2,1-3H3;6-9H,3-5H2,1-2H3;4-8H,1-3H3;5-8H,3-4H2,1-2H3;4-7H,3H2,1-2H3;3*2-5H,1H3;2-4H,1H3. The molecule has 0 saturated carbocycles. The molecule has 0 radical (unpaired) electrons. The maximum absolute atomic E-state index is 3.98. The van der Waals surface area contributed by atoms with Crippen molar-refractivity contribution in [3.05, 3.63) is 362 Å². The summed E-state index contributed by atoms with van der Waals surface area (Å²) in [5.41, 5.74) is 23.3. The fourth-order valence-electron chi connectivity index (χ4n) is 9.03. The van der Waals surface area contributed by atoms with Gasteiger partial charge in [0.15, 0.2) is 0 Å². The Hall–Kier alpha value is -8.93. The molecule has 0 aliphatic rings. The highest BCUT2D eigenvalue weighted by Crippen LogP contribution is 2.22. The van der Waals surface area contributed by atoms with Gasteiger partial charge in [0.25, 0.3) is 0 Å². The number of rotatable bonds is 11. The van der Waals surface area contributed by atoms with Crippen molar-refractivity contribution in [1.29, 1.82) is 0 Å². The predicted molar refractivity (Wildman–Crippen MR) is 444 cm³/mol. The molecule has 540 valence electrons. The van der Waals surface area contributed by atoms with Gasteiger partial charge < -0.3 is 0 Å². The second-order valence-corrected chi connectivity index (χ2v) is 28.0. The van der Waals surface area contributed by atoms with Gasteiger partial charge >= 0.3 is 0 Å². The van der Waals surface area contributed by atoms with Crippen molar-refractivity contribution in [3.8, 4) is 0 Å². The van der Waals surface area contributed by atoms with Crippen LogP contribution in [0.3, 0.4) is 0 Å². The molecule has 0 bridgehead atoms. The van der Waals surface area contributed by atoms with Crippen molar-refractivity contribution >= 4 is 0 Å². The van der Waals surface area contributed by atoms with Gasteiger partial charge in [-0.15, -0.1) is 0 Å². The smallest absolute Gasteiger partial charge is 0.125 e. The van der Waals surface area contributed by atoms with Crippen molar-refractivity contribution in [3.63, 3.8) is 0 Å². The van der Waals surface area contributed by atoms with E-state index in [0.29, 0.717) is 11.8 Å². The minimum Gasteiger partial charge on any atom is -0.265 e. The number of unbranched alkanes of at least 4 members (excludes halogenated alkanes) is 1. The average molecular weight is 1360 g/mol. The predicted octanol–water partition coefficient (Wildman–Crippen LogP) is 26.9. The first-order valence-corrected chi connectivity index (χ1v) is 36.9. The third-order valence-corrected chi connectivity index (χ3v) is 16.0. The van der Waals surface area contributed by atoms with E-state index < -0.39 is 0 Å². The number of benzene rings is 7. The van der Waals surface area contributed by atoms with Crippen molar-refractivity contribution in [2.24, 2.45) is 5.92 Å². The molecule has 1 atom stereocenters. The molecular weight excluding hydrogens is 1220 g/mol. The third kappa shape index (κ3) is 48.5. The first kappa shape index (κ1) is 90.1. The molecule has 11 aromatic rings. The maximum Gasteiger partial charge on any atom is 0.125 e. The van der Waals surface area contributed by atoms with E-state index in [1.165, 1.54) is 134 Å². The van der Waals surface area contributed by atoms with Crippen LogP contribution in [0, 0.1) is 82.1 Å². The Morgan fingerprint density at radius 1 is 0.327 bits per heavy atom. The summed E-state index contributed by atoms with van der Waals surface area (Å²) in [6.45, 7) is 49.5. The lowest BCUT2D eigenvalue weighted by Gasteiger charge is -2.18. The summed E-state index contributed by atoms with van der Waals surface area (Å²) in [5, 5.41) is 0. The van der Waals surface area contributed by atoms with Crippen LogP contribution in [-0.2, 0) is 31.1 Å². The minimum atomic E-state index is 0.285. The average Bonchev–Trinajstić information content (AvgIpc) is 0.901. The Bertz CT molecular complexity index is 3500. The number of aryl methyl sites for hydroxylation is 14. The van der Waals surface area contributed by atoms with Crippen LogP contribution in [0.15, 0.2) is 262 Å². The molecule has 0 aliphatic heterocycles. The van der Waals surface area contributed by atoms with E-state index in [4.69, 9.17) is 0 Å². The number of hydrogen-bond acceptors (Lipinski definition) is 5. The summed E-state index contributed by atoms with van der Waals surface area (Å²) in [6.07, 6.45) is 22.2. The highest BCUT2D eigenvalue weighted by Gasteiger charge is 2.12. The quantitative estimate of drug-likeness (QED) is 0.129. The molecule has 4 heterocycles. The second-order valence-electron chi connectivity index (χ2n) is 28.0. The van der Waals surface area contributed by atoms with Gasteiger partial charge in [-0.3, -0.25) is 15.0 Å². The molecule has 0 fully saturated rings. The topological polar surface area (TPSA) is 64.5 Å². The van der Waals surface area contributed by atoms with Crippen molar-refractivity contribution < 1.29 is 0 Å². The molecule has 5 nitrogen and oxygen atoms in total. The second kappa shape index (κ2) is 54.8. The van der Waals surface area contributed by atoms with Crippen LogP contribution in [0.4, 0.5) is 0 Å². The van der Waals surface area contributed by atoms with E-state index in [1.54, 1.807) is 43.2 Å². The van der Waals surface area contributed by atoms with Crippen LogP contribution in [0.25, 0.3) is 0 Å². The Kier molecular flexibility index (Phi) is 48.9. The summed E-state index contributed by atoms with van der Waals surface area (Å²) in [6, 6.07) is 76.8. The third-order valence-electron chi connectivity index (χ3n) is 16.0. The molecule has 0 amide bonds. The SMILES string of the molecule is CCC(C)c1ccc(C)cc1.CCCCc1ccc(C)cc1.CCCc1ccc(C)cc1.CCc1ccc(C)cc1.Cc1ccc(C(C)(C)C)cc1.Cc1ccc(C(C)C)cc1.Cc1ccc(CC(C)C)cc1.Cc1ccccn1.Cc1cccnc1.Cc1ccncc1.Cc1ncccn1. The summed E-state index contributed by atoms with van der Waals surface area (Å²) in [7, 11) is 0. The van der Waals surface area contributed by atoms with Gasteiger partial charge in [-0.1, -0.05) is 317 Å². The highest BCUT2D eigenvalue weighted by atomic mass is 14.8. The van der Waals surface area contributed by atoms with Crippen LogP contribution in [0.5, 0.6) is 0 Å². The highest BCUT2D eigenvalue weighted by molar-refractivity contribution is 5.28. The molecule has 5 heteroatoms. The fraction of sp³-hybridized carbons (Fsp3) is 0.365. The van der Waals surface area contributed by atoms with Gasteiger partial charge in [-0.05, 0) is 224 Å². The summed E-state index contributed by atoms with van der Waals surface area (Å²) in [4.78, 5) is 19.4. The molecular formula is C96H131N5. The van der Waals surface area contributed by atoms with Crippen molar-refractivity contribution in [1.82, 2.24) is 24.9 Å². The van der Waals surface area contributed by atoms with E-state index >= 15 is 0 Å².